The van der Waals surface area contributed by atoms with Gasteiger partial charge in [-0.25, -0.2) is 4.41 Å². The van der Waals surface area contributed by atoms with E-state index in [0.29, 0.717) is 0 Å². The van der Waals surface area contributed by atoms with Crippen LogP contribution in [0, 0.1) is 0 Å². The van der Waals surface area contributed by atoms with E-state index in [0.717, 1.165) is 12.1 Å². The number of aliphatic hydroxyl groups is 1. The zero-order chi connectivity index (χ0) is 10.3. The molecule has 1 aliphatic carbocycles. The Morgan fingerprint density at radius 3 is 2.93 bits per heavy atom. The molecule has 14 heavy (non-hydrogen) atoms. The van der Waals surface area contributed by atoms with E-state index in [-0.39, 0.29) is 0 Å². The molecule has 0 radical (unpaired) electrons. The average molecular weight is 210 g/mol. The molecule has 1 N–H and O–H groups in total. The standard InChI is InChI=1S/C10H14N2OS/c1-7(13)10-6-8-4-3-5-9(8)11(2)12(10)14/h3-4,6-7,13-14H,5H2,1-2H3. The minimum atomic E-state index is -0.502. The number of hydrazine groups is 1. The Morgan fingerprint density at radius 2 is 2.29 bits per heavy atom. The van der Waals surface area contributed by atoms with Crippen LogP contribution in [0.2, 0.25) is 0 Å². The molecule has 1 atom stereocenters. The third-order valence-corrected chi connectivity index (χ3v) is 3.08. The summed E-state index contributed by atoms with van der Waals surface area (Å²) in [6.07, 6.45) is 6.61. The Hall–Kier alpha value is -0.870. The zero-order valence-corrected chi connectivity index (χ0v) is 9.20. The molecule has 2 aliphatic rings. The summed E-state index contributed by atoms with van der Waals surface area (Å²) in [5.74, 6) is 0. The van der Waals surface area contributed by atoms with Crippen LogP contribution in [0.1, 0.15) is 13.3 Å². The highest BCUT2D eigenvalue weighted by atomic mass is 32.1. The van der Waals surface area contributed by atoms with Gasteiger partial charge in [-0.05, 0) is 31.4 Å². The molecule has 0 bridgehead atoms. The molecule has 0 aromatic carbocycles. The maximum absolute atomic E-state index is 9.55. The number of rotatable bonds is 1. The fraction of sp³-hybridized carbons (Fsp3) is 0.400. The first-order valence-corrected chi connectivity index (χ1v) is 5.03. The van der Waals surface area contributed by atoms with Crippen LogP contribution >= 0.6 is 12.8 Å². The van der Waals surface area contributed by atoms with Crippen LogP contribution in [0.3, 0.4) is 0 Å². The van der Waals surface area contributed by atoms with Gasteiger partial charge in [-0.15, -0.1) is 0 Å². The van der Waals surface area contributed by atoms with Crippen molar-refractivity contribution in [2.45, 2.75) is 19.4 Å². The minimum absolute atomic E-state index is 0.502. The first kappa shape index (κ1) is 9.68. The normalized spacial score (nSPS) is 22.7. The van der Waals surface area contributed by atoms with E-state index in [2.05, 4.69) is 25.0 Å². The van der Waals surface area contributed by atoms with E-state index in [1.165, 1.54) is 11.3 Å². The average Bonchev–Trinajstić information content (AvgIpc) is 2.58. The topological polar surface area (TPSA) is 26.7 Å². The maximum atomic E-state index is 9.55. The van der Waals surface area contributed by atoms with Gasteiger partial charge in [-0.1, -0.05) is 12.2 Å². The largest absolute Gasteiger partial charge is 0.387 e. The smallest absolute Gasteiger partial charge is 0.0938 e. The molecule has 0 aromatic heterocycles. The van der Waals surface area contributed by atoms with Crippen LogP contribution in [0.15, 0.2) is 35.2 Å². The van der Waals surface area contributed by atoms with Crippen molar-refractivity contribution in [1.82, 2.24) is 9.42 Å². The van der Waals surface area contributed by atoms with Crippen molar-refractivity contribution >= 4 is 12.8 Å². The van der Waals surface area contributed by atoms with Crippen molar-refractivity contribution in [3.8, 4) is 0 Å². The van der Waals surface area contributed by atoms with Crippen molar-refractivity contribution in [2.24, 2.45) is 0 Å². The molecule has 0 amide bonds. The molecule has 0 saturated carbocycles. The van der Waals surface area contributed by atoms with Crippen molar-refractivity contribution < 1.29 is 5.11 Å². The molecule has 76 valence electrons. The quantitative estimate of drug-likeness (QED) is 0.642. The van der Waals surface area contributed by atoms with E-state index in [9.17, 15) is 5.11 Å². The highest BCUT2D eigenvalue weighted by Crippen LogP contribution is 2.33. The van der Waals surface area contributed by atoms with Crippen LogP contribution in [0.5, 0.6) is 0 Å². The molecule has 0 spiro atoms. The van der Waals surface area contributed by atoms with Gasteiger partial charge in [0.05, 0.1) is 11.8 Å². The molecule has 4 heteroatoms. The summed E-state index contributed by atoms with van der Waals surface area (Å²) < 4.78 is 1.69. The second kappa shape index (κ2) is 3.37. The lowest BCUT2D eigenvalue weighted by atomic mass is 10.1. The zero-order valence-electron chi connectivity index (χ0n) is 8.31. The van der Waals surface area contributed by atoms with Gasteiger partial charge in [-0.2, -0.15) is 0 Å². The first-order valence-electron chi connectivity index (χ1n) is 4.63. The molecule has 1 unspecified atom stereocenters. The van der Waals surface area contributed by atoms with E-state index in [4.69, 9.17) is 0 Å². The number of nitrogens with zero attached hydrogens (tertiary/aromatic N) is 2. The fourth-order valence-electron chi connectivity index (χ4n) is 1.75. The predicted molar refractivity (Wildman–Crippen MR) is 59.1 cm³/mol. The van der Waals surface area contributed by atoms with E-state index in [1.54, 1.807) is 11.3 Å². The Labute approximate surface area is 89.5 Å². The SMILES string of the molecule is CC(O)C1=CC2=C(CC=C2)N(C)N1S. The van der Waals surface area contributed by atoms with Gasteiger partial charge < -0.3 is 5.11 Å². The van der Waals surface area contributed by atoms with E-state index < -0.39 is 6.10 Å². The molecular weight excluding hydrogens is 196 g/mol. The van der Waals surface area contributed by atoms with Crippen molar-refractivity contribution in [3.05, 3.63) is 35.2 Å². The second-order valence-corrected chi connectivity index (χ2v) is 3.95. The van der Waals surface area contributed by atoms with Crippen LogP contribution in [0.25, 0.3) is 0 Å². The van der Waals surface area contributed by atoms with Crippen LogP contribution < -0.4 is 0 Å². The number of hydrogen-bond acceptors (Lipinski definition) is 4. The molecule has 0 aromatic rings. The lowest BCUT2D eigenvalue weighted by Crippen LogP contribution is -2.37. The van der Waals surface area contributed by atoms with Gasteiger partial charge in [0.25, 0.3) is 0 Å². The van der Waals surface area contributed by atoms with Gasteiger partial charge in [0.2, 0.25) is 0 Å². The van der Waals surface area contributed by atoms with Crippen LogP contribution in [-0.2, 0) is 0 Å². The van der Waals surface area contributed by atoms with Gasteiger partial charge in [0, 0.05) is 19.2 Å². The third-order valence-electron chi connectivity index (χ3n) is 2.58. The van der Waals surface area contributed by atoms with E-state index >= 15 is 0 Å². The van der Waals surface area contributed by atoms with Crippen molar-refractivity contribution in [3.63, 3.8) is 0 Å². The summed E-state index contributed by atoms with van der Waals surface area (Å²) >= 11 is 4.34. The lowest BCUT2D eigenvalue weighted by molar-refractivity contribution is 0.126. The molecular formula is C10H14N2OS. The molecule has 1 heterocycles. The number of thiol groups is 1. The summed E-state index contributed by atoms with van der Waals surface area (Å²) in [7, 11) is 1.95. The molecule has 3 nitrogen and oxygen atoms in total. The minimum Gasteiger partial charge on any atom is -0.387 e. The summed E-state index contributed by atoms with van der Waals surface area (Å²) in [4.78, 5) is 0. The molecule has 2 rings (SSSR count). The highest BCUT2D eigenvalue weighted by molar-refractivity contribution is 7.77. The van der Waals surface area contributed by atoms with Crippen molar-refractivity contribution in [1.29, 1.82) is 0 Å². The molecule has 1 aliphatic heterocycles. The van der Waals surface area contributed by atoms with Crippen LogP contribution in [0.4, 0.5) is 0 Å². The predicted octanol–water partition coefficient (Wildman–Crippen LogP) is 1.47. The number of allylic oxidation sites excluding steroid dienone is 4. The fourth-order valence-corrected chi connectivity index (χ4v) is 2.09. The molecule has 0 fully saturated rings. The summed E-state index contributed by atoms with van der Waals surface area (Å²) in [5.41, 5.74) is 3.21. The van der Waals surface area contributed by atoms with Gasteiger partial charge in [0.15, 0.2) is 0 Å². The lowest BCUT2D eigenvalue weighted by Gasteiger charge is -2.37. The van der Waals surface area contributed by atoms with Gasteiger partial charge in [0.1, 0.15) is 0 Å². The van der Waals surface area contributed by atoms with Gasteiger partial charge >= 0.3 is 0 Å². The maximum Gasteiger partial charge on any atom is 0.0938 e. The Kier molecular flexibility index (Phi) is 2.33. The van der Waals surface area contributed by atoms with Crippen LogP contribution in [-0.4, -0.2) is 27.7 Å². The Morgan fingerprint density at radius 1 is 1.57 bits per heavy atom. The monoisotopic (exact) mass is 210 g/mol. The number of aliphatic hydroxyl groups excluding tert-OH is 1. The summed E-state index contributed by atoms with van der Waals surface area (Å²) in [5, 5.41) is 11.5. The molecule has 0 saturated heterocycles. The highest BCUT2D eigenvalue weighted by Gasteiger charge is 2.25. The second-order valence-electron chi connectivity index (χ2n) is 3.57. The Balaban J connectivity index is 2.39. The van der Waals surface area contributed by atoms with Crippen molar-refractivity contribution in [2.75, 3.05) is 7.05 Å². The summed E-state index contributed by atoms with van der Waals surface area (Å²) in [6, 6.07) is 0. The summed E-state index contributed by atoms with van der Waals surface area (Å²) in [6.45, 7) is 1.74. The third kappa shape index (κ3) is 1.35. The number of hydrogen-bond donors (Lipinski definition) is 2. The van der Waals surface area contributed by atoms with Gasteiger partial charge in [-0.3, -0.25) is 5.01 Å². The first-order chi connectivity index (χ1) is 6.61. The van der Waals surface area contributed by atoms with E-state index in [1.807, 2.05) is 18.1 Å². The Bertz CT molecular complexity index is 344.